The number of nitrogens with zero attached hydrogens (tertiary/aromatic N) is 1. The lowest BCUT2D eigenvalue weighted by Gasteiger charge is -2.23. The highest BCUT2D eigenvalue weighted by molar-refractivity contribution is 5.81. The lowest BCUT2D eigenvalue weighted by molar-refractivity contribution is -0.123. The van der Waals surface area contributed by atoms with Crippen LogP contribution in [0.1, 0.15) is 39.5 Å². The molecule has 4 heteroatoms. The van der Waals surface area contributed by atoms with Crippen molar-refractivity contribution in [3.05, 3.63) is 0 Å². The van der Waals surface area contributed by atoms with Gasteiger partial charge >= 0.3 is 0 Å². The predicted octanol–water partition coefficient (Wildman–Crippen LogP) is 0.713. The van der Waals surface area contributed by atoms with Crippen molar-refractivity contribution in [1.82, 2.24) is 10.2 Å². The van der Waals surface area contributed by atoms with Crippen molar-refractivity contribution in [2.75, 3.05) is 13.1 Å². The average molecular weight is 239 g/mol. The Labute approximate surface area is 104 Å². The molecule has 0 bridgehead atoms. The molecule has 1 amide bonds. The number of nitrogens with one attached hydrogen (secondary N) is 1. The molecule has 3 N–H and O–H groups in total. The summed E-state index contributed by atoms with van der Waals surface area (Å²) in [5.41, 5.74) is 5.91. The van der Waals surface area contributed by atoms with Crippen molar-refractivity contribution < 1.29 is 4.79 Å². The topological polar surface area (TPSA) is 58.4 Å². The summed E-state index contributed by atoms with van der Waals surface area (Å²) in [6.07, 6.45) is 4.36. The molecule has 0 aromatic rings. The highest BCUT2D eigenvalue weighted by Gasteiger charge is 2.38. The number of carbonyl (C=O) groups excluding carboxylic acids is 1. The lowest BCUT2D eigenvalue weighted by atomic mass is 10.0. The van der Waals surface area contributed by atoms with E-state index in [0.717, 1.165) is 19.4 Å². The Balaban J connectivity index is 1.82. The molecule has 2 saturated heterocycles. The summed E-state index contributed by atoms with van der Waals surface area (Å²) in [5, 5.41) is 3.15. The quantitative estimate of drug-likeness (QED) is 0.760. The van der Waals surface area contributed by atoms with E-state index < -0.39 is 0 Å². The van der Waals surface area contributed by atoms with Crippen LogP contribution < -0.4 is 11.1 Å². The van der Waals surface area contributed by atoms with E-state index in [-0.39, 0.29) is 11.9 Å². The zero-order valence-electron chi connectivity index (χ0n) is 11.0. The Morgan fingerprint density at radius 3 is 2.88 bits per heavy atom. The molecule has 0 radical (unpaired) electrons. The molecule has 0 aromatic carbocycles. The van der Waals surface area contributed by atoms with Crippen LogP contribution in [0.3, 0.4) is 0 Å². The van der Waals surface area contributed by atoms with Crippen molar-refractivity contribution in [2.45, 2.75) is 57.7 Å². The summed E-state index contributed by atoms with van der Waals surface area (Å²) in [7, 11) is 0. The number of carbonyl (C=O) groups is 1. The van der Waals surface area contributed by atoms with E-state index in [9.17, 15) is 4.79 Å². The van der Waals surface area contributed by atoms with Crippen LogP contribution in [0.15, 0.2) is 0 Å². The van der Waals surface area contributed by atoms with Gasteiger partial charge in [-0.05, 0) is 38.1 Å². The molecule has 2 aliphatic heterocycles. The second-order valence-electron chi connectivity index (χ2n) is 5.89. The van der Waals surface area contributed by atoms with E-state index >= 15 is 0 Å². The maximum Gasteiger partial charge on any atom is 0.237 e. The third kappa shape index (κ3) is 2.99. The number of amides is 1. The van der Waals surface area contributed by atoms with Gasteiger partial charge in [0, 0.05) is 18.6 Å². The molecule has 3 atom stereocenters. The van der Waals surface area contributed by atoms with Crippen molar-refractivity contribution in [3.63, 3.8) is 0 Å². The minimum atomic E-state index is -0.342. The van der Waals surface area contributed by atoms with Gasteiger partial charge in [-0.25, -0.2) is 0 Å². The second kappa shape index (κ2) is 5.36. The largest absolute Gasteiger partial charge is 0.350 e. The van der Waals surface area contributed by atoms with Gasteiger partial charge in [0.25, 0.3) is 0 Å². The van der Waals surface area contributed by atoms with E-state index in [1.54, 1.807) is 0 Å². The second-order valence-corrected chi connectivity index (χ2v) is 5.89. The first-order valence-corrected chi connectivity index (χ1v) is 6.88. The van der Waals surface area contributed by atoms with Crippen LogP contribution in [0, 0.1) is 5.92 Å². The Hall–Kier alpha value is -0.610. The molecule has 2 unspecified atom stereocenters. The molecule has 4 nitrogen and oxygen atoms in total. The number of rotatable bonds is 4. The van der Waals surface area contributed by atoms with E-state index in [0.29, 0.717) is 18.0 Å². The maximum atomic E-state index is 12.0. The van der Waals surface area contributed by atoms with Crippen LogP contribution >= 0.6 is 0 Å². The van der Waals surface area contributed by atoms with E-state index in [1.165, 1.54) is 19.4 Å². The van der Waals surface area contributed by atoms with Gasteiger partial charge in [-0.1, -0.05) is 13.8 Å². The highest BCUT2D eigenvalue weighted by atomic mass is 16.2. The van der Waals surface area contributed by atoms with Crippen molar-refractivity contribution >= 4 is 5.91 Å². The van der Waals surface area contributed by atoms with E-state index in [4.69, 9.17) is 5.73 Å². The number of hydrogen-bond acceptors (Lipinski definition) is 3. The van der Waals surface area contributed by atoms with Crippen molar-refractivity contribution in [1.29, 1.82) is 0 Å². The van der Waals surface area contributed by atoms with Crippen LogP contribution in [0.5, 0.6) is 0 Å². The monoisotopic (exact) mass is 239 g/mol. The number of hydrogen-bond donors (Lipinski definition) is 2. The van der Waals surface area contributed by atoms with Crippen molar-refractivity contribution in [3.8, 4) is 0 Å². The van der Waals surface area contributed by atoms with Crippen LogP contribution in [-0.2, 0) is 4.79 Å². The standard InChI is InChI=1S/C13H25N3O/c1-9(2)8-10(14)13(17)15-11-5-7-16-6-3-4-12(11)16/h9-12H,3-8,14H2,1-2H3,(H,15,17)/t10-,11?,12?/m0/s1. The molecule has 98 valence electrons. The van der Waals surface area contributed by atoms with Gasteiger partial charge in [0.1, 0.15) is 0 Å². The molecule has 0 saturated carbocycles. The molecule has 17 heavy (non-hydrogen) atoms. The van der Waals surface area contributed by atoms with Gasteiger partial charge in [0.2, 0.25) is 5.91 Å². The fourth-order valence-electron chi connectivity index (χ4n) is 3.16. The molecular formula is C13H25N3O. The maximum absolute atomic E-state index is 12.0. The molecule has 0 aromatic heterocycles. The van der Waals surface area contributed by atoms with Crippen LogP contribution in [0.25, 0.3) is 0 Å². The Morgan fingerprint density at radius 1 is 1.41 bits per heavy atom. The fourth-order valence-corrected chi connectivity index (χ4v) is 3.16. The number of nitrogens with two attached hydrogens (primary N) is 1. The van der Waals surface area contributed by atoms with Gasteiger partial charge in [0.15, 0.2) is 0 Å². The summed E-state index contributed by atoms with van der Waals surface area (Å²) in [6.45, 7) is 6.53. The first kappa shape index (κ1) is 12.8. The molecular weight excluding hydrogens is 214 g/mol. The zero-order valence-corrected chi connectivity index (χ0v) is 11.0. The van der Waals surface area contributed by atoms with Crippen molar-refractivity contribution in [2.24, 2.45) is 11.7 Å². The Bertz CT molecular complexity index is 280. The zero-order chi connectivity index (χ0) is 12.4. The summed E-state index contributed by atoms with van der Waals surface area (Å²) in [6, 6.07) is 0.568. The van der Waals surface area contributed by atoms with E-state index in [2.05, 4.69) is 24.1 Å². The molecule has 2 fully saturated rings. The molecule has 2 rings (SSSR count). The molecule has 2 aliphatic rings. The summed E-state index contributed by atoms with van der Waals surface area (Å²) in [4.78, 5) is 14.5. The van der Waals surface area contributed by atoms with Gasteiger partial charge in [-0.3, -0.25) is 9.69 Å². The summed E-state index contributed by atoms with van der Waals surface area (Å²) >= 11 is 0. The minimum Gasteiger partial charge on any atom is -0.350 e. The van der Waals surface area contributed by atoms with E-state index in [1.807, 2.05) is 0 Å². The third-order valence-corrected chi connectivity index (χ3v) is 4.00. The minimum absolute atomic E-state index is 0.0393. The predicted molar refractivity (Wildman–Crippen MR) is 68.6 cm³/mol. The molecule has 0 aliphatic carbocycles. The Morgan fingerprint density at radius 2 is 2.18 bits per heavy atom. The fraction of sp³-hybridized carbons (Fsp3) is 0.923. The van der Waals surface area contributed by atoms with Gasteiger partial charge in [0.05, 0.1) is 6.04 Å². The third-order valence-electron chi connectivity index (χ3n) is 4.00. The first-order valence-electron chi connectivity index (χ1n) is 6.88. The van der Waals surface area contributed by atoms with Crippen LogP contribution in [-0.4, -0.2) is 42.0 Å². The first-order chi connectivity index (χ1) is 8.08. The normalized spacial score (nSPS) is 30.6. The van der Waals surface area contributed by atoms with Gasteiger partial charge in [-0.2, -0.15) is 0 Å². The van der Waals surface area contributed by atoms with Crippen LogP contribution in [0.2, 0.25) is 0 Å². The smallest absolute Gasteiger partial charge is 0.237 e. The summed E-state index contributed by atoms with van der Waals surface area (Å²) in [5.74, 6) is 0.514. The highest BCUT2D eigenvalue weighted by Crippen LogP contribution is 2.27. The average Bonchev–Trinajstić information content (AvgIpc) is 2.81. The number of fused-ring (bicyclic) bond motifs is 1. The molecule has 0 spiro atoms. The van der Waals surface area contributed by atoms with Gasteiger partial charge < -0.3 is 11.1 Å². The van der Waals surface area contributed by atoms with Crippen LogP contribution in [0.4, 0.5) is 0 Å². The van der Waals surface area contributed by atoms with Gasteiger partial charge in [-0.15, -0.1) is 0 Å². The SMILES string of the molecule is CC(C)C[C@H](N)C(=O)NC1CCN2CCCC12. The summed E-state index contributed by atoms with van der Waals surface area (Å²) < 4.78 is 0. The Kier molecular flexibility index (Phi) is 4.05. The lowest BCUT2D eigenvalue weighted by Crippen LogP contribution is -2.49. The molecule has 2 heterocycles.